The summed E-state index contributed by atoms with van der Waals surface area (Å²) in [6.07, 6.45) is 42.1. The van der Waals surface area contributed by atoms with Gasteiger partial charge in [-0.15, -0.1) is 0 Å². The molecule has 9 heteroatoms. The number of aliphatic hydroxyl groups is 4. The molecule has 0 radical (unpaired) electrons. The fourth-order valence-corrected chi connectivity index (χ4v) is 6.20. The summed E-state index contributed by atoms with van der Waals surface area (Å²) in [5.74, 6) is -0.341. The monoisotopic (exact) mass is 789 g/mol. The van der Waals surface area contributed by atoms with Crippen molar-refractivity contribution in [2.75, 3.05) is 26.4 Å². The first-order valence-corrected chi connectivity index (χ1v) is 22.0. The first-order valence-electron chi connectivity index (χ1n) is 22.0. The molecule has 1 heterocycles. The molecule has 6 atom stereocenters. The molecule has 1 aliphatic heterocycles. The molecule has 6 unspecified atom stereocenters. The van der Waals surface area contributed by atoms with E-state index in [1.54, 1.807) is 0 Å². The molecular formula is C47H80O9. The van der Waals surface area contributed by atoms with Crippen molar-refractivity contribution in [2.45, 2.75) is 192 Å². The molecule has 0 aromatic rings. The van der Waals surface area contributed by atoms with Gasteiger partial charge >= 0.3 is 5.97 Å². The zero-order valence-corrected chi connectivity index (χ0v) is 35.1. The summed E-state index contributed by atoms with van der Waals surface area (Å²) in [5.41, 5.74) is 0. The summed E-state index contributed by atoms with van der Waals surface area (Å²) in [5, 5.41) is 40.0. The van der Waals surface area contributed by atoms with Gasteiger partial charge < -0.3 is 39.4 Å². The van der Waals surface area contributed by atoms with Gasteiger partial charge in [0.25, 0.3) is 0 Å². The number of aliphatic hydroxyl groups excluding tert-OH is 4. The van der Waals surface area contributed by atoms with Crippen LogP contribution in [0.3, 0.4) is 0 Å². The number of unbranched alkanes of at least 4 members (excludes halogenated alkanes) is 13. The Hall–Kier alpha value is -2.37. The van der Waals surface area contributed by atoms with E-state index in [0.717, 1.165) is 83.5 Å². The minimum Gasteiger partial charge on any atom is -0.457 e. The highest BCUT2D eigenvalue weighted by Gasteiger charge is 2.44. The Labute approximate surface area is 340 Å². The van der Waals surface area contributed by atoms with Crippen molar-refractivity contribution >= 4 is 5.97 Å². The van der Waals surface area contributed by atoms with Crippen LogP contribution in [0.2, 0.25) is 0 Å². The third-order valence-corrected chi connectivity index (χ3v) is 9.64. The van der Waals surface area contributed by atoms with Crippen LogP contribution >= 0.6 is 0 Å². The van der Waals surface area contributed by atoms with Gasteiger partial charge in [0.1, 0.15) is 30.5 Å². The summed E-state index contributed by atoms with van der Waals surface area (Å²) in [6.45, 7) is 4.39. The summed E-state index contributed by atoms with van der Waals surface area (Å²) in [4.78, 5) is 12.7. The first kappa shape index (κ1) is 51.6. The van der Waals surface area contributed by atoms with E-state index < -0.39 is 43.4 Å². The fourth-order valence-electron chi connectivity index (χ4n) is 6.20. The van der Waals surface area contributed by atoms with Gasteiger partial charge in [0.2, 0.25) is 0 Å². The van der Waals surface area contributed by atoms with E-state index in [9.17, 15) is 25.2 Å². The predicted molar refractivity (Wildman–Crippen MR) is 228 cm³/mol. The number of esters is 1. The molecule has 0 saturated carbocycles. The molecule has 322 valence electrons. The van der Waals surface area contributed by atoms with Crippen LogP contribution < -0.4 is 0 Å². The SMILES string of the molecule is CC/C=C\C/C=C\C/C=C\C/C=C\C/C=C\C/C=C\CCCCCCC(=O)OC(COCCCCCCCCCCCC)COC1OC(CO)C(O)C(O)C1O. The number of carbonyl (C=O) groups is 1. The van der Waals surface area contributed by atoms with Gasteiger partial charge in [0.15, 0.2) is 6.29 Å². The number of rotatable bonds is 36. The normalized spacial score (nSPS) is 21.3. The topological polar surface area (TPSA) is 135 Å². The second-order valence-corrected chi connectivity index (χ2v) is 14.8. The Balaban J connectivity index is 2.27. The second kappa shape index (κ2) is 38.2. The number of ether oxygens (including phenoxy) is 4. The van der Waals surface area contributed by atoms with Gasteiger partial charge in [-0.25, -0.2) is 0 Å². The molecular weight excluding hydrogens is 709 g/mol. The zero-order valence-electron chi connectivity index (χ0n) is 35.1. The molecule has 4 N–H and O–H groups in total. The molecule has 1 fully saturated rings. The number of hydrogen-bond acceptors (Lipinski definition) is 9. The highest BCUT2D eigenvalue weighted by atomic mass is 16.7. The summed E-state index contributed by atoms with van der Waals surface area (Å²) >= 11 is 0. The van der Waals surface area contributed by atoms with E-state index >= 15 is 0 Å². The highest BCUT2D eigenvalue weighted by molar-refractivity contribution is 5.69. The lowest BCUT2D eigenvalue weighted by atomic mass is 9.99. The maximum atomic E-state index is 12.7. The first-order chi connectivity index (χ1) is 27.4. The average Bonchev–Trinajstić information content (AvgIpc) is 3.20. The lowest BCUT2D eigenvalue weighted by Crippen LogP contribution is -2.59. The van der Waals surface area contributed by atoms with Crippen LogP contribution in [0.15, 0.2) is 72.9 Å². The highest BCUT2D eigenvalue weighted by Crippen LogP contribution is 2.22. The quantitative estimate of drug-likeness (QED) is 0.0278. The van der Waals surface area contributed by atoms with E-state index in [1.807, 2.05) is 0 Å². The minimum atomic E-state index is -1.54. The zero-order chi connectivity index (χ0) is 40.7. The maximum Gasteiger partial charge on any atom is 0.306 e. The maximum absolute atomic E-state index is 12.7. The summed E-state index contributed by atoms with van der Waals surface area (Å²) in [6, 6.07) is 0. The number of hydrogen-bond donors (Lipinski definition) is 4. The van der Waals surface area contributed by atoms with E-state index in [0.29, 0.717) is 6.61 Å². The van der Waals surface area contributed by atoms with Crippen LogP contribution in [-0.2, 0) is 23.7 Å². The Morgan fingerprint density at radius 1 is 0.589 bits per heavy atom. The van der Waals surface area contributed by atoms with Gasteiger partial charge in [0.05, 0.1) is 19.8 Å². The Morgan fingerprint density at radius 2 is 1.09 bits per heavy atom. The van der Waals surface area contributed by atoms with Gasteiger partial charge in [-0.3, -0.25) is 4.79 Å². The van der Waals surface area contributed by atoms with E-state index in [1.165, 1.54) is 51.4 Å². The van der Waals surface area contributed by atoms with Crippen molar-refractivity contribution in [3.63, 3.8) is 0 Å². The van der Waals surface area contributed by atoms with Crippen molar-refractivity contribution in [3.05, 3.63) is 72.9 Å². The predicted octanol–water partition coefficient (Wildman–Crippen LogP) is 9.69. The smallest absolute Gasteiger partial charge is 0.306 e. The fraction of sp³-hybridized carbons (Fsp3) is 0.723. The lowest BCUT2D eigenvalue weighted by molar-refractivity contribution is -0.305. The largest absolute Gasteiger partial charge is 0.457 e. The van der Waals surface area contributed by atoms with Crippen LogP contribution in [0, 0.1) is 0 Å². The molecule has 0 spiro atoms. The summed E-state index contributed by atoms with van der Waals surface area (Å²) in [7, 11) is 0. The molecule has 9 nitrogen and oxygen atoms in total. The minimum absolute atomic E-state index is 0.127. The average molecular weight is 789 g/mol. The lowest BCUT2D eigenvalue weighted by Gasteiger charge is -2.39. The summed E-state index contributed by atoms with van der Waals surface area (Å²) < 4.78 is 22.7. The Morgan fingerprint density at radius 3 is 1.64 bits per heavy atom. The van der Waals surface area contributed by atoms with Crippen LogP contribution in [0.25, 0.3) is 0 Å². The van der Waals surface area contributed by atoms with Crippen molar-refractivity contribution in [1.29, 1.82) is 0 Å². The Kier molecular flexibility index (Phi) is 35.2. The van der Waals surface area contributed by atoms with Crippen molar-refractivity contribution in [3.8, 4) is 0 Å². The molecule has 0 aromatic heterocycles. The molecule has 56 heavy (non-hydrogen) atoms. The van der Waals surface area contributed by atoms with Crippen LogP contribution in [0.4, 0.5) is 0 Å². The van der Waals surface area contributed by atoms with Crippen molar-refractivity contribution in [1.82, 2.24) is 0 Å². The standard InChI is InChI=1S/C47H80O9/c1-3-5-7-9-11-13-15-16-17-18-19-20-21-22-23-24-25-26-27-28-30-32-34-36-43(49)55-41(39-53-37-35-33-31-29-14-12-10-8-6-4-2)40-54-47-46(52)45(51)44(50)42(38-48)56-47/h5,7,11,13,16-17,19-20,22-23,25-26,41-42,44-48,50-52H,3-4,6,8-10,12,14-15,18,21,24,27-40H2,1-2H3/b7-5-,13-11-,17-16-,20-19-,23-22-,26-25-. The molecule has 1 rings (SSSR count). The third kappa shape index (κ3) is 28.9. The van der Waals surface area contributed by atoms with Crippen LogP contribution in [0.1, 0.15) is 155 Å². The molecule has 0 amide bonds. The van der Waals surface area contributed by atoms with Crippen molar-refractivity contribution < 1.29 is 44.2 Å². The van der Waals surface area contributed by atoms with Gasteiger partial charge in [-0.05, 0) is 64.2 Å². The molecule has 0 aliphatic carbocycles. The van der Waals surface area contributed by atoms with Gasteiger partial charge in [-0.1, -0.05) is 157 Å². The van der Waals surface area contributed by atoms with E-state index in [4.69, 9.17) is 18.9 Å². The number of carbonyl (C=O) groups excluding carboxylic acids is 1. The molecule has 0 aromatic carbocycles. The van der Waals surface area contributed by atoms with Crippen LogP contribution in [-0.4, -0.2) is 89.6 Å². The van der Waals surface area contributed by atoms with Crippen molar-refractivity contribution in [2.24, 2.45) is 0 Å². The third-order valence-electron chi connectivity index (χ3n) is 9.64. The van der Waals surface area contributed by atoms with E-state index in [-0.39, 0.29) is 25.6 Å². The van der Waals surface area contributed by atoms with E-state index in [2.05, 4.69) is 86.8 Å². The molecule has 0 bridgehead atoms. The Bertz CT molecular complexity index is 1080. The number of allylic oxidation sites excluding steroid dienone is 12. The molecule has 1 aliphatic rings. The molecule has 1 saturated heterocycles. The second-order valence-electron chi connectivity index (χ2n) is 14.8. The van der Waals surface area contributed by atoms with Gasteiger partial charge in [0, 0.05) is 13.0 Å². The van der Waals surface area contributed by atoms with Crippen LogP contribution in [0.5, 0.6) is 0 Å². The van der Waals surface area contributed by atoms with Gasteiger partial charge in [-0.2, -0.15) is 0 Å².